The Morgan fingerprint density at radius 1 is 1.38 bits per heavy atom. The molecule has 0 aromatic carbocycles. The lowest BCUT2D eigenvalue weighted by Crippen LogP contribution is -2.39. The fourth-order valence-electron chi connectivity index (χ4n) is 2.16. The Kier molecular flexibility index (Phi) is 5.54. The van der Waals surface area contributed by atoms with Gasteiger partial charge < -0.3 is 20.3 Å². The minimum absolute atomic E-state index is 0.0353. The van der Waals surface area contributed by atoms with Crippen LogP contribution in [0.2, 0.25) is 0 Å². The summed E-state index contributed by atoms with van der Waals surface area (Å²) in [5.41, 5.74) is 5.93. The Morgan fingerprint density at radius 3 is 2.43 bits per heavy atom. The third kappa shape index (κ3) is 4.90. The molecule has 2 amide bonds. The number of rotatable bonds is 6. The number of aromatic nitrogens is 1. The van der Waals surface area contributed by atoms with Crippen LogP contribution in [0.25, 0.3) is 0 Å². The molecule has 1 rings (SSSR count). The lowest BCUT2D eigenvalue weighted by molar-refractivity contribution is 0.0673. The fraction of sp³-hybridized carbons (Fsp3) is 0.600. The number of carbonyl (C=O) groups excluding carboxylic acids is 2. The van der Waals surface area contributed by atoms with Gasteiger partial charge in [-0.2, -0.15) is 0 Å². The molecule has 0 aliphatic rings. The molecule has 0 radical (unpaired) electrons. The molecule has 0 saturated carbocycles. The van der Waals surface area contributed by atoms with Crippen molar-refractivity contribution in [1.29, 1.82) is 0 Å². The molecule has 0 aliphatic carbocycles. The molecule has 118 valence electrons. The lowest BCUT2D eigenvalue weighted by Gasteiger charge is -2.30. The number of carbonyl (C=O) groups is 2. The van der Waals surface area contributed by atoms with Gasteiger partial charge in [-0.15, -0.1) is 0 Å². The van der Waals surface area contributed by atoms with Gasteiger partial charge in [0, 0.05) is 32.9 Å². The van der Waals surface area contributed by atoms with E-state index in [1.165, 1.54) is 6.07 Å². The standard InChI is InChI=1S/C15H25N3O3/c1-15(2,3)10-18(6-5-7-19)14(21)12-8-11(13(16)20)9-17(12)4/h8-9,19H,5-7,10H2,1-4H3,(H2,16,20). The number of aliphatic hydroxyl groups excluding tert-OH is 1. The summed E-state index contributed by atoms with van der Waals surface area (Å²) in [5, 5.41) is 8.99. The molecule has 0 fully saturated rings. The number of amides is 2. The topological polar surface area (TPSA) is 88.6 Å². The summed E-state index contributed by atoms with van der Waals surface area (Å²) >= 11 is 0. The van der Waals surface area contributed by atoms with Gasteiger partial charge in [0.1, 0.15) is 5.69 Å². The van der Waals surface area contributed by atoms with Crippen molar-refractivity contribution in [2.45, 2.75) is 27.2 Å². The van der Waals surface area contributed by atoms with Gasteiger partial charge in [-0.25, -0.2) is 0 Å². The molecular weight excluding hydrogens is 270 g/mol. The number of hydrogen-bond donors (Lipinski definition) is 2. The largest absolute Gasteiger partial charge is 0.396 e. The SMILES string of the molecule is Cn1cc(C(N)=O)cc1C(=O)N(CCCO)CC(C)(C)C. The Labute approximate surface area is 125 Å². The number of nitrogens with zero attached hydrogens (tertiary/aromatic N) is 2. The molecule has 1 aromatic rings. The summed E-state index contributed by atoms with van der Waals surface area (Å²) in [4.78, 5) is 25.6. The third-order valence-electron chi connectivity index (χ3n) is 3.05. The minimum Gasteiger partial charge on any atom is -0.396 e. The van der Waals surface area contributed by atoms with E-state index in [9.17, 15) is 9.59 Å². The monoisotopic (exact) mass is 295 g/mol. The van der Waals surface area contributed by atoms with Gasteiger partial charge >= 0.3 is 0 Å². The molecule has 0 spiro atoms. The van der Waals surface area contributed by atoms with Gasteiger partial charge in [0.15, 0.2) is 0 Å². The minimum atomic E-state index is -0.553. The molecule has 6 nitrogen and oxygen atoms in total. The maximum Gasteiger partial charge on any atom is 0.270 e. The number of aryl methyl sites for hydroxylation is 1. The van der Waals surface area contributed by atoms with E-state index in [0.717, 1.165) is 0 Å². The molecule has 3 N–H and O–H groups in total. The van der Waals surface area contributed by atoms with Gasteiger partial charge in [0.05, 0.1) is 5.56 Å². The summed E-state index contributed by atoms with van der Waals surface area (Å²) in [6, 6.07) is 1.51. The summed E-state index contributed by atoms with van der Waals surface area (Å²) in [6.45, 7) is 7.23. The van der Waals surface area contributed by atoms with Crippen LogP contribution in [0.1, 0.15) is 48.0 Å². The van der Waals surface area contributed by atoms with Crippen molar-refractivity contribution in [3.8, 4) is 0 Å². The first-order valence-corrected chi connectivity index (χ1v) is 7.02. The Morgan fingerprint density at radius 2 is 2.00 bits per heavy atom. The van der Waals surface area contributed by atoms with Crippen LogP contribution < -0.4 is 5.73 Å². The highest BCUT2D eigenvalue weighted by Gasteiger charge is 2.24. The number of hydrogen-bond acceptors (Lipinski definition) is 3. The van der Waals surface area contributed by atoms with Gasteiger partial charge in [-0.1, -0.05) is 20.8 Å². The van der Waals surface area contributed by atoms with Gasteiger partial charge in [-0.3, -0.25) is 9.59 Å². The quantitative estimate of drug-likeness (QED) is 0.820. The molecular formula is C15H25N3O3. The first-order chi connectivity index (χ1) is 9.65. The molecule has 1 heterocycles. The van der Waals surface area contributed by atoms with Gasteiger partial charge in [-0.05, 0) is 17.9 Å². The highest BCUT2D eigenvalue weighted by atomic mass is 16.3. The smallest absolute Gasteiger partial charge is 0.270 e. The number of aliphatic hydroxyl groups is 1. The van der Waals surface area contributed by atoms with E-state index in [0.29, 0.717) is 30.8 Å². The zero-order valence-corrected chi connectivity index (χ0v) is 13.2. The molecule has 0 atom stereocenters. The van der Waals surface area contributed by atoms with Crippen LogP contribution in [0.3, 0.4) is 0 Å². The van der Waals surface area contributed by atoms with Crippen LogP contribution in [-0.2, 0) is 7.05 Å². The molecule has 0 unspecified atom stereocenters. The molecule has 0 bridgehead atoms. The maximum atomic E-state index is 12.7. The van der Waals surface area contributed by atoms with Crippen molar-refractivity contribution in [3.63, 3.8) is 0 Å². The highest BCUT2D eigenvalue weighted by Crippen LogP contribution is 2.18. The van der Waals surface area contributed by atoms with Crippen LogP contribution in [0.15, 0.2) is 12.3 Å². The summed E-state index contributed by atoms with van der Waals surface area (Å²) in [7, 11) is 1.71. The van der Waals surface area contributed by atoms with Crippen molar-refractivity contribution >= 4 is 11.8 Å². The zero-order valence-electron chi connectivity index (χ0n) is 13.2. The van der Waals surface area contributed by atoms with E-state index in [1.807, 2.05) is 20.8 Å². The lowest BCUT2D eigenvalue weighted by atomic mass is 9.95. The van der Waals surface area contributed by atoms with E-state index in [1.54, 1.807) is 22.7 Å². The average Bonchev–Trinajstić information content (AvgIpc) is 2.74. The van der Waals surface area contributed by atoms with Crippen LogP contribution >= 0.6 is 0 Å². The second-order valence-electron chi connectivity index (χ2n) is 6.45. The van der Waals surface area contributed by atoms with Crippen molar-refractivity contribution < 1.29 is 14.7 Å². The van der Waals surface area contributed by atoms with Crippen LogP contribution in [0, 0.1) is 5.41 Å². The molecule has 0 saturated heterocycles. The molecule has 1 aromatic heterocycles. The first-order valence-electron chi connectivity index (χ1n) is 7.02. The van der Waals surface area contributed by atoms with Crippen molar-refractivity contribution in [2.75, 3.05) is 19.7 Å². The van der Waals surface area contributed by atoms with Crippen molar-refractivity contribution in [3.05, 3.63) is 23.5 Å². The zero-order chi connectivity index (χ0) is 16.2. The van der Waals surface area contributed by atoms with E-state index < -0.39 is 5.91 Å². The van der Waals surface area contributed by atoms with Gasteiger partial charge in [0.2, 0.25) is 5.91 Å². The highest BCUT2D eigenvalue weighted by molar-refractivity contribution is 5.98. The Hall–Kier alpha value is -1.82. The third-order valence-corrected chi connectivity index (χ3v) is 3.05. The molecule has 21 heavy (non-hydrogen) atoms. The summed E-state index contributed by atoms with van der Waals surface area (Å²) in [6.07, 6.45) is 2.08. The fourth-order valence-corrected chi connectivity index (χ4v) is 2.16. The van der Waals surface area contributed by atoms with E-state index in [2.05, 4.69) is 0 Å². The Bertz CT molecular complexity index is 515. The van der Waals surface area contributed by atoms with Crippen LogP contribution in [0.5, 0.6) is 0 Å². The second kappa shape index (κ2) is 6.76. The van der Waals surface area contributed by atoms with Crippen LogP contribution in [0.4, 0.5) is 0 Å². The average molecular weight is 295 g/mol. The van der Waals surface area contributed by atoms with Crippen molar-refractivity contribution in [1.82, 2.24) is 9.47 Å². The van der Waals surface area contributed by atoms with E-state index in [-0.39, 0.29) is 17.9 Å². The second-order valence-corrected chi connectivity index (χ2v) is 6.45. The van der Waals surface area contributed by atoms with Crippen LogP contribution in [-0.4, -0.2) is 46.1 Å². The number of nitrogens with two attached hydrogens (primary N) is 1. The maximum absolute atomic E-state index is 12.7. The van der Waals surface area contributed by atoms with E-state index >= 15 is 0 Å². The van der Waals surface area contributed by atoms with E-state index in [4.69, 9.17) is 10.8 Å². The normalized spacial score (nSPS) is 11.5. The predicted molar refractivity (Wildman–Crippen MR) is 81.0 cm³/mol. The molecule has 6 heteroatoms. The Balaban J connectivity index is 3.01. The number of primary amides is 1. The molecule has 0 aliphatic heterocycles. The summed E-state index contributed by atoms with van der Waals surface area (Å²) in [5.74, 6) is -0.712. The first kappa shape index (κ1) is 17.2. The van der Waals surface area contributed by atoms with Crippen molar-refractivity contribution in [2.24, 2.45) is 18.2 Å². The summed E-state index contributed by atoms with van der Waals surface area (Å²) < 4.78 is 1.61. The van der Waals surface area contributed by atoms with Gasteiger partial charge in [0.25, 0.3) is 5.91 Å². The predicted octanol–water partition coefficient (Wildman–Crippen LogP) is 0.995.